The van der Waals surface area contributed by atoms with Gasteiger partial charge in [0.2, 0.25) is 0 Å². The van der Waals surface area contributed by atoms with Gasteiger partial charge in [0.1, 0.15) is 11.5 Å². The highest BCUT2D eigenvalue weighted by atomic mass is 16.5. The topological polar surface area (TPSA) is 105 Å². The maximum absolute atomic E-state index is 11.7. The number of aromatic amines is 1. The third-order valence-electron chi connectivity index (χ3n) is 2.62. The van der Waals surface area contributed by atoms with E-state index in [0.29, 0.717) is 19.7 Å². The summed E-state index contributed by atoms with van der Waals surface area (Å²) in [6.45, 7) is 1.94. The molecule has 0 aliphatic heterocycles. The van der Waals surface area contributed by atoms with E-state index < -0.39 is 11.2 Å². The van der Waals surface area contributed by atoms with Gasteiger partial charge in [-0.05, 0) is 14.1 Å². The second-order valence-electron chi connectivity index (χ2n) is 4.39. The number of nitrogens with two attached hydrogens (primary N) is 1. The van der Waals surface area contributed by atoms with E-state index >= 15 is 0 Å². The molecule has 0 radical (unpaired) electrons. The summed E-state index contributed by atoms with van der Waals surface area (Å²) in [5, 5.41) is 2.95. The lowest BCUT2D eigenvalue weighted by Crippen LogP contribution is -2.35. The van der Waals surface area contributed by atoms with Crippen LogP contribution in [0.15, 0.2) is 9.59 Å². The first-order valence-electron chi connectivity index (χ1n) is 5.97. The SMILES string of the molecule is COCCn1c(N)c(NCCN(C)C)c(=O)[nH]c1=O. The summed E-state index contributed by atoms with van der Waals surface area (Å²) in [6.07, 6.45) is 0. The van der Waals surface area contributed by atoms with Crippen molar-refractivity contribution in [2.75, 3.05) is 52.0 Å². The second kappa shape index (κ2) is 6.95. The summed E-state index contributed by atoms with van der Waals surface area (Å²) in [6, 6.07) is 0. The highest BCUT2D eigenvalue weighted by Crippen LogP contribution is 2.09. The molecule has 0 atom stereocenters. The fourth-order valence-electron chi connectivity index (χ4n) is 1.57. The Labute approximate surface area is 111 Å². The molecule has 8 heteroatoms. The Balaban J connectivity index is 2.97. The molecule has 0 aromatic carbocycles. The van der Waals surface area contributed by atoms with Crippen molar-refractivity contribution in [3.63, 3.8) is 0 Å². The third kappa shape index (κ3) is 4.11. The zero-order valence-corrected chi connectivity index (χ0v) is 11.5. The quantitative estimate of drug-likeness (QED) is 0.571. The number of ether oxygens (including phenoxy) is 1. The monoisotopic (exact) mass is 271 g/mol. The number of hydrogen-bond acceptors (Lipinski definition) is 6. The minimum atomic E-state index is -0.530. The zero-order chi connectivity index (χ0) is 14.4. The normalized spacial score (nSPS) is 10.9. The maximum Gasteiger partial charge on any atom is 0.330 e. The van der Waals surface area contributed by atoms with Crippen molar-refractivity contribution in [1.29, 1.82) is 0 Å². The third-order valence-corrected chi connectivity index (χ3v) is 2.62. The van der Waals surface area contributed by atoms with E-state index in [9.17, 15) is 9.59 Å². The lowest BCUT2D eigenvalue weighted by atomic mass is 10.4. The Morgan fingerprint density at radius 1 is 1.42 bits per heavy atom. The van der Waals surface area contributed by atoms with E-state index in [1.807, 2.05) is 19.0 Å². The molecule has 0 unspecified atom stereocenters. The van der Waals surface area contributed by atoms with Crippen LogP contribution in [0.2, 0.25) is 0 Å². The molecule has 1 aromatic rings. The first-order valence-corrected chi connectivity index (χ1v) is 5.97. The number of methoxy groups -OCH3 is 1. The molecule has 0 saturated carbocycles. The summed E-state index contributed by atoms with van der Waals surface area (Å²) >= 11 is 0. The first-order chi connectivity index (χ1) is 8.97. The number of H-pyrrole nitrogens is 1. The summed E-state index contributed by atoms with van der Waals surface area (Å²) in [4.78, 5) is 27.5. The molecule has 0 bridgehead atoms. The molecule has 0 aliphatic carbocycles. The number of hydrogen-bond donors (Lipinski definition) is 3. The molecule has 0 amide bonds. The molecule has 1 rings (SSSR count). The van der Waals surface area contributed by atoms with Crippen molar-refractivity contribution in [1.82, 2.24) is 14.5 Å². The smallest absolute Gasteiger partial charge is 0.330 e. The number of aromatic nitrogens is 2. The molecule has 8 nitrogen and oxygen atoms in total. The summed E-state index contributed by atoms with van der Waals surface area (Å²) < 4.78 is 6.18. The molecular weight excluding hydrogens is 250 g/mol. The van der Waals surface area contributed by atoms with Crippen LogP contribution in [0, 0.1) is 0 Å². The van der Waals surface area contributed by atoms with E-state index in [1.165, 1.54) is 11.7 Å². The second-order valence-corrected chi connectivity index (χ2v) is 4.39. The summed E-state index contributed by atoms with van der Waals surface area (Å²) in [5.41, 5.74) is 5.04. The van der Waals surface area contributed by atoms with Gasteiger partial charge in [-0.15, -0.1) is 0 Å². The van der Waals surface area contributed by atoms with Crippen LogP contribution in [0.1, 0.15) is 0 Å². The Morgan fingerprint density at radius 2 is 2.11 bits per heavy atom. The van der Waals surface area contributed by atoms with Gasteiger partial charge in [-0.3, -0.25) is 14.3 Å². The van der Waals surface area contributed by atoms with Gasteiger partial charge in [0, 0.05) is 20.2 Å². The Kier molecular flexibility index (Phi) is 5.58. The number of anilines is 2. The summed E-state index contributed by atoms with van der Waals surface area (Å²) in [7, 11) is 5.38. The molecule has 1 heterocycles. The fourth-order valence-corrected chi connectivity index (χ4v) is 1.57. The number of nitrogens with zero attached hydrogens (tertiary/aromatic N) is 2. The molecule has 4 N–H and O–H groups in total. The standard InChI is InChI=1S/C11H21N5O3/c1-15(2)5-4-13-8-9(12)16(6-7-19-3)11(18)14-10(8)17/h13H,4-7,12H2,1-3H3,(H,14,17,18). The van der Waals surface area contributed by atoms with Crippen LogP contribution in [0.25, 0.3) is 0 Å². The average Bonchev–Trinajstić information content (AvgIpc) is 2.32. The van der Waals surface area contributed by atoms with Crippen LogP contribution >= 0.6 is 0 Å². The first kappa shape index (κ1) is 15.3. The van der Waals surface area contributed by atoms with Crippen molar-refractivity contribution in [3.05, 3.63) is 20.8 Å². The largest absolute Gasteiger partial charge is 0.383 e. The highest BCUT2D eigenvalue weighted by molar-refractivity contribution is 5.60. The van der Waals surface area contributed by atoms with Crippen LogP contribution in [0.4, 0.5) is 11.5 Å². The van der Waals surface area contributed by atoms with Gasteiger partial charge in [-0.1, -0.05) is 0 Å². The predicted octanol–water partition coefficient (Wildman–Crippen LogP) is -1.26. The van der Waals surface area contributed by atoms with E-state index in [-0.39, 0.29) is 11.5 Å². The molecular formula is C11H21N5O3. The van der Waals surface area contributed by atoms with Crippen LogP contribution < -0.4 is 22.3 Å². The van der Waals surface area contributed by atoms with Crippen LogP contribution in [-0.2, 0) is 11.3 Å². The van der Waals surface area contributed by atoms with Crippen molar-refractivity contribution >= 4 is 11.5 Å². The van der Waals surface area contributed by atoms with Gasteiger partial charge >= 0.3 is 5.69 Å². The van der Waals surface area contributed by atoms with E-state index in [4.69, 9.17) is 10.5 Å². The number of rotatable bonds is 7. The number of nitrogen functional groups attached to an aromatic ring is 1. The van der Waals surface area contributed by atoms with Crippen molar-refractivity contribution in [3.8, 4) is 0 Å². The zero-order valence-electron chi connectivity index (χ0n) is 11.5. The lowest BCUT2D eigenvalue weighted by molar-refractivity contribution is 0.186. The molecule has 0 saturated heterocycles. The summed E-state index contributed by atoms with van der Waals surface area (Å²) in [5.74, 6) is 0.129. The fraction of sp³-hybridized carbons (Fsp3) is 0.636. The van der Waals surface area contributed by atoms with Crippen molar-refractivity contribution in [2.24, 2.45) is 0 Å². The number of nitrogens with one attached hydrogen (secondary N) is 2. The van der Waals surface area contributed by atoms with Crippen LogP contribution in [-0.4, -0.2) is 55.4 Å². The van der Waals surface area contributed by atoms with Gasteiger partial charge < -0.3 is 20.7 Å². The van der Waals surface area contributed by atoms with E-state index in [0.717, 1.165) is 6.54 Å². The molecule has 0 aliphatic rings. The Bertz CT molecular complexity index is 520. The van der Waals surface area contributed by atoms with Gasteiger partial charge in [0.15, 0.2) is 0 Å². The predicted molar refractivity (Wildman–Crippen MR) is 74.7 cm³/mol. The Morgan fingerprint density at radius 3 is 2.68 bits per heavy atom. The van der Waals surface area contributed by atoms with Gasteiger partial charge in [0.25, 0.3) is 5.56 Å². The van der Waals surface area contributed by atoms with Crippen LogP contribution in [0.5, 0.6) is 0 Å². The number of likely N-dealkylation sites (N-methyl/N-ethyl adjacent to an activating group) is 1. The molecule has 19 heavy (non-hydrogen) atoms. The van der Waals surface area contributed by atoms with Crippen molar-refractivity contribution < 1.29 is 4.74 Å². The minimum Gasteiger partial charge on any atom is -0.383 e. The van der Waals surface area contributed by atoms with E-state index in [1.54, 1.807) is 0 Å². The van der Waals surface area contributed by atoms with Gasteiger partial charge in [-0.25, -0.2) is 4.79 Å². The lowest BCUT2D eigenvalue weighted by Gasteiger charge is -2.15. The maximum atomic E-state index is 11.7. The van der Waals surface area contributed by atoms with Gasteiger partial charge in [-0.2, -0.15) is 0 Å². The Hall–Kier alpha value is -1.80. The molecule has 1 aromatic heterocycles. The van der Waals surface area contributed by atoms with Crippen molar-refractivity contribution in [2.45, 2.75) is 6.54 Å². The molecule has 0 spiro atoms. The van der Waals surface area contributed by atoms with Crippen LogP contribution in [0.3, 0.4) is 0 Å². The molecule has 108 valence electrons. The average molecular weight is 271 g/mol. The van der Waals surface area contributed by atoms with Gasteiger partial charge in [0.05, 0.1) is 13.2 Å². The highest BCUT2D eigenvalue weighted by Gasteiger charge is 2.11. The molecule has 0 fully saturated rings. The van der Waals surface area contributed by atoms with E-state index in [2.05, 4.69) is 10.3 Å². The minimum absolute atomic E-state index is 0.129.